The predicted molar refractivity (Wildman–Crippen MR) is 80.4 cm³/mol. The fourth-order valence-electron chi connectivity index (χ4n) is 2.70. The van der Waals surface area contributed by atoms with E-state index in [2.05, 4.69) is 26.2 Å². The zero-order valence-electron chi connectivity index (χ0n) is 11.5. The van der Waals surface area contributed by atoms with Gasteiger partial charge in [-0.25, -0.2) is 4.98 Å². The van der Waals surface area contributed by atoms with Gasteiger partial charge in [-0.1, -0.05) is 19.3 Å². The third kappa shape index (κ3) is 4.14. The van der Waals surface area contributed by atoms with Crippen LogP contribution < -0.4 is 10.9 Å². The van der Waals surface area contributed by atoms with Crippen LogP contribution in [0.5, 0.6) is 0 Å². The minimum absolute atomic E-state index is 0.00645. The minimum atomic E-state index is 0.00645. The number of aryl methyl sites for hydroxylation is 1. The van der Waals surface area contributed by atoms with E-state index in [0.717, 1.165) is 24.8 Å². The number of nitrogens with one attached hydrogen (secondary N) is 1. The molecule has 19 heavy (non-hydrogen) atoms. The Bertz CT molecular complexity index is 466. The summed E-state index contributed by atoms with van der Waals surface area (Å²) in [6.45, 7) is 4.46. The second-order valence-corrected chi connectivity index (χ2v) is 6.17. The average Bonchev–Trinajstić information content (AvgIpc) is 2.43. The number of rotatable bonds is 5. The van der Waals surface area contributed by atoms with Gasteiger partial charge in [0, 0.05) is 19.3 Å². The molecule has 0 aromatic carbocycles. The van der Waals surface area contributed by atoms with Crippen LogP contribution in [0.3, 0.4) is 0 Å². The maximum Gasteiger partial charge on any atom is 0.267 e. The summed E-state index contributed by atoms with van der Waals surface area (Å²) in [5, 5.41) is 3.47. The quantitative estimate of drug-likeness (QED) is 0.845. The Morgan fingerprint density at radius 1 is 1.42 bits per heavy atom. The Labute approximate surface area is 122 Å². The van der Waals surface area contributed by atoms with Gasteiger partial charge >= 0.3 is 0 Å². The Morgan fingerprint density at radius 2 is 2.16 bits per heavy atom. The highest BCUT2D eigenvalue weighted by Crippen LogP contribution is 2.22. The second-order valence-electron chi connectivity index (χ2n) is 5.32. The van der Waals surface area contributed by atoms with Crippen molar-refractivity contribution in [1.82, 2.24) is 14.9 Å². The molecule has 0 spiro atoms. The van der Waals surface area contributed by atoms with Gasteiger partial charge in [-0.05, 0) is 48.2 Å². The van der Waals surface area contributed by atoms with Gasteiger partial charge in [0.2, 0.25) is 0 Å². The van der Waals surface area contributed by atoms with Gasteiger partial charge in [0.15, 0.2) is 0 Å². The van der Waals surface area contributed by atoms with Gasteiger partial charge < -0.3 is 5.32 Å². The third-order valence-corrected chi connectivity index (χ3v) is 4.42. The van der Waals surface area contributed by atoms with Crippen molar-refractivity contribution in [3.8, 4) is 0 Å². The van der Waals surface area contributed by atoms with Gasteiger partial charge in [0.1, 0.15) is 10.3 Å². The smallest absolute Gasteiger partial charge is 0.267 e. The van der Waals surface area contributed by atoms with Gasteiger partial charge in [-0.3, -0.25) is 9.36 Å². The highest BCUT2D eigenvalue weighted by atomic mass is 79.9. The molecule has 1 aliphatic carbocycles. The van der Waals surface area contributed by atoms with Crippen molar-refractivity contribution in [3.05, 3.63) is 26.8 Å². The molecule has 0 radical (unpaired) electrons. The van der Waals surface area contributed by atoms with E-state index < -0.39 is 0 Å². The third-order valence-electron chi connectivity index (χ3n) is 3.87. The lowest BCUT2D eigenvalue weighted by molar-refractivity contribution is 0.340. The van der Waals surface area contributed by atoms with Crippen LogP contribution in [0.2, 0.25) is 0 Å². The molecular formula is C14H22BrN3O. The van der Waals surface area contributed by atoms with E-state index in [1.165, 1.54) is 32.1 Å². The van der Waals surface area contributed by atoms with E-state index in [0.29, 0.717) is 11.0 Å². The molecule has 106 valence electrons. The van der Waals surface area contributed by atoms with E-state index in [4.69, 9.17) is 0 Å². The van der Waals surface area contributed by atoms with Crippen LogP contribution in [0.25, 0.3) is 0 Å². The van der Waals surface area contributed by atoms with Crippen LogP contribution in [0.15, 0.2) is 15.5 Å². The molecule has 0 atom stereocenters. The summed E-state index contributed by atoms with van der Waals surface area (Å²) in [4.78, 5) is 16.1. The van der Waals surface area contributed by atoms with Crippen molar-refractivity contribution >= 4 is 15.9 Å². The lowest BCUT2D eigenvalue weighted by atomic mass is 9.89. The van der Waals surface area contributed by atoms with E-state index in [1.807, 2.05) is 6.92 Å². The Kier molecular flexibility index (Phi) is 5.58. The second kappa shape index (κ2) is 7.20. The number of hydrogen-bond donors (Lipinski definition) is 1. The highest BCUT2D eigenvalue weighted by Gasteiger charge is 2.12. The molecule has 1 fully saturated rings. The summed E-state index contributed by atoms with van der Waals surface area (Å²) in [5.41, 5.74) is 0.00645. The first kappa shape index (κ1) is 14.7. The molecule has 0 bridgehead atoms. The van der Waals surface area contributed by atoms with Crippen molar-refractivity contribution in [3.63, 3.8) is 0 Å². The molecule has 0 saturated heterocycles. The lowest BCUT2D eigenvalue weighted by Gasteiger charge is -2.22. The first-order chi connectivity index (χ1) is 9.18. The van der Waals surface area contributed by atoms with E-state index in [-0.39, 0.29) is 5.56 Å². The van der Waals surface area contributed by atoms with Crippen molar-refractivity contribution < 1.29 is 0 Å². The summed E-state index contributed by atoms with van der Waals surface area (Å²) in [5.74, 6) is 1.60. The number of aromatic nitrogens is 2. The molecule has 2 rings (SSSR count). The molecule has 0 unspecified atom stereocenters. The maximum absolute atomic E-state index is 11.9. The topological polar surface area (TPSA) is 46.9 Å². The minimum Gasteiger partial charge on any atom is -0.315 e. The fraction of sp³-hybridized carbons (Fsp3) is 0.714. The highest BCUT2D eigenvalue weighted by molar-refractivity contribution is 9.10. The van der Waals surface area contributed by atoms with E-state index in [1.54, 1.807) is 10.8 Å². The van der Waals surface area contributed by atoms with Crippen LogP contribution in [0.4, 0.5) is 0 Å². The van der Waals surface area contributed by atoms with Crippen molar-refractivity contribution in [2.45, 2.75) is 45.6 Å². The Morgan fingerprint density at radius 3 is 2.89 bits per heavy atom. The van der Waals surface area contributed by atoms with E-state index >= 15 is 0 Å². The normalized spacial score (nSPS) is 16.7. The van der Waals surface area contributed by atoms with Crippen molar-refractivity contribution in [1.29, 1.82) is 0 Å². The standard InChI is InChI=1S/C14H22BrN3O/c1-11-17-10-13(15)14(19)18(11)8-7-16-9-12-5-3-2-4-6-12/h10,12,16H,2-9H2,1H3. The Hall–Kier alpha value is -0.680. The molecule has 1 saturated carbocycles. The summed E-state index contributed by atoms with van der Waals surface area (Å²) in [6.07, 6.45) is 8.42. The fourth-order valence-corrected chi connectivity index (χ4v) is 3.02. The zero-order chi connectivity index (χ0) is 13.7. The van der Waals surface area contributed by atoms with Crippen LogP contribution in [-0.4, -0.2) is 22.6 Å². The van der Waals surface area contributed by atoms with Gasteiger partial charge in [-0.2, -0.15) is 0 Å². The van der Waals surface area contributed by atoms with Crippen LogP contribution in [-0.2, 0) is 6.54 Å². The molecule has 1 N–H and O–H groups in total. The van der Waals surface area contributed by atoms with Crippen LogP contribution >= 0.6 is 15.9 Å². The van der Waals surface area contributed by atoms with Crippen molar-refractivity contribution in [2.75, 3.05) is 13.1 Å². The van der Waals surface area contributed by atoms with Crippen molar-refractivity contribution in [2.24, 2.45) is 5.92 Å². The first-order valence-electron chi connectivity index (χ1n) is 7.11. The average molecular weight is 328 g/mol. The maximum atomic E-state index is 11.9. The molecule has 1 heterocycles. The molecule has 0 amide bonds. The molecule has 0 aliphatic heterocycles. The predicted octanol–water partition coefficient (Wildman–Crippen LogP) is 2.48. The van der Waals surface area contributed by atoms with Crippen LogP contribution in [0.1, 0.15) is 37.9 Å². The largest absolute Gasteiger partial charge is 0.315 e. The summed E-state index contributed by atoms with van der Waals surface area (Å²) in [6, 6.07) is 0. The molecular weight excluding hydrogens is 306 g/mol. The van der Waals surface area contributed by atoms with Gasteiger partial charge in [-0.15, -0.1) is 0 Å². The number of nitrogens with zero attached hydrogens (tertiary/aromatic N) is 2. The number of halogens is 1. The number of hydrogen-bond acceptors (Lipinski definition) is 3. The first-order valence-corrected chi connectivity index (χ1v) is 7.90. The summed E-state index contributed by atoms with van der Waals surface area (Å²) >= 11 is 3.24. The molecule has 1 aromatic rings. The summed E-state index contributed by atoms with van der Waals surface area (Å²) in [7, 11) is 0. The van der Waals surface area contributed by atoms with Gasteiger partial charge in [0.25, 0.3) is 5.56 Å². The zero-order valence-corrected chi connectivity index (χ0v) is 13.1. The SMILES string of the molecule is Cc1ncc(Br)c(=O)n1CCNCC1CCCCC1. The molecule has 4 nitrogen and oxygen atoms in total. The Balaban J connectivity index is 1.79. The van der Waals surface area contributed by atoms with E-state index in [9.17, 15) is 4.79 Å². The molecule has 1 aromatic heterocycles. The lowest BCUT2D eigenvalue weighted by Crippen LogP contribution is -2.32. The van der Waals surface area contributed by atoms with Gasteiger partial charge in [0.05, 0.1) is 0 Å². The monoisotopic (exact) mass is 327 g/mol. The molecule has 1 aliphatic rings. The molecule has 5 heteroatoms. The summed E-state index contributed by atoms with van der Waals surface area (Å²) < 4.78 is 2.25. The van der Waals surface area contributed by atoms with Crippen LogP contribution in [0, 0.1) is 12.8 Å².